The molecular weight excluding hydrogens is 372 g/mol. The van der Waals surface area contributed by atoms with Crippen LogP contribution >= 0.6 is 0 Å². The first-order valence-electron chi connectivity index (χ1n) is 10.4. The summed E-state index contributed by atoms with van der Waals surface area (Å²) in [5.41, 5.74) is 0.0272. The van der Waals surface area contributed by atoms with Crippen molar-refractivity contribution < 1.29 is 8.42 Å². The van der Waals surface area contributed by atoms with Crippen molar-refractivity contribution in [3.63, 3.8) is 0 Å². The number of rotatable bonds is 9. The second-order valence-electron chi connectivity index (χ2n) is 7.97. The Labute approximate surface area is 170 Å². The molecule has 1 aromatic rings. The van der Waals surface area contributed by atoms with E-state index >= 15 is 0 Å². The van der Waals surface area contributed by atoms with E-state index < -0.39 is 9.84 Å². The van der Waals surface area contributed by atoms with Gasteiger partial charge in [-0.3, -0.25) is 9.89 Å². The molecule has 2 N–H and O–H groups in total. The van der Waals surface area contributed by atoms with Gasteiger partial charge in [-0.2, -0.15) is 0 Å². The molecule has 1 aromatic carbocycles. The second kappa shape index (κ2) is 10.8. The van der Waals surface area contributed by atoms with Crippen LogP contribution in [0.1, 0.15) is 46.5 Å². The SMILES string of the molecule is CCNC(=NCC(C)(C)N1CCCCC1)NCCCS(=O)(=O)c1ccccc1. The molecule has 0 saturated carbocycles. The number of hydrogen-bond donors (Lipinski definition) is 2. The number of benzene rings is 1. The van der Waals surface area contributed by atoms with E-state index in [0.29, 0.717) is 24.4 Å². The van der Waals surface area contributed by atoms with Crippen LogP contribution in [0.25, 0.3) is 0 Å². The molecule has 158 valence electrons. The fourth-order valence-electron chi connectivity index (χ4n) is 3.43. The smallest absolute Gasteiger partial charge is 0.191 e. The number of sulfone groups is 1. The molecule has 1 heterocycles. The van der Waals surface area contributed by atoms with Crippen LogP contribution in [0, 0.1) is 0 Å². The van der Waals surface area contributed by atoms with Crippen molar-refractivity contribution in [3.8, 4) is 0 Å². The van der Waals surface area contributed by atoms with E-state index in [1.54, 1.807) is 24.3 Å². The Morgan fingerprint density at radius 2 is 1.79 bits per heavy atom. The number of piperidine rings is 1. The molecule has 0 aliphatic carbocycles. The van der Waals surface area contributed by atoms with Gasteiger partial charge in [0.2, 0.25) is 0 Å². The number of likely N-dealkylation sites (tertiary alicyclic amines) is 1. The van der Waals surface area contributed by atoms with Gasteiger partial charge in [0.25, 0.3) is 0 Å². The third-order valence-corrected chi connectivity index (χ3v) is 6.98. The quantitative estimate of drug-likeness (QED) is 0.373. The summed E-state index contributed by atoms with van der Waals surface area (Å²) in [6.07, 6.45) is 4.39. The zero-order chi connectivity index (χ0) is 20.5. The molecule has 0 bridgehead atoms. The molecule has 2 rings (SSSR count). The van der Waals surface area contributed by atoms with Gasteiger partial charge in [0, 0.05) is 18.6 Å². The zero-order valence-corrected chi connectivity index (χ0v) is 18.4. The van der Waals surface area contributed by atoms with Gasteiger partial charge in [0.05, 0.1) is 17.2 Å². The maximum absolute atomic E-state index is 12.4. The van der Waals surface area contributed by atoms with Crippen LogP contribution in [0.2, 0.25) is 0 Å². The normalized spacial score (nSPS) is 16.8. The van der Waals surface area contributed by atoms with Gasteiger partial charge in [-0.15, -0.1) is 0 Å². The highest BCUT2D eigenvalue weighted by Crippen LogP contribution is 2.20. The highest BCUT2D eigenvalue weighted by atomic mass is 32.2. The molecule has 0 radical (unpaired) electrons. The summed E-state index contributed by atoms with van der Waals surface area (Å²) in [5, 5.41) is 6.53. The Kier molecular flexibility index (Phi) is 8.76. The van der Waals surface area contributed by atoms with Gasteiger partial charge in [-0.1, -0.05) is 24.6 Å². The van der Waals surface area contributed by atoms with Gasteiger partial charge < -0.3 is 10.6 Å². The largest absolute Gasteiger partial charge is 0.357 e. The van der Waals surface area contributed by atoms with E-state index in [1.807, 2.05) is 13.0 Å². The lowest BCUT2D eigenvalue weighted by Crippen LogP contribution is -2.49. The van der Waals surface area contributed by atoms with E-state index in [0.717, 1.165) is 25.6 Å². The molecule has 1 fully saturated rings. The Bertz CT molecular complexity index is 711. The molecule has 6 nitrogen and oxygen atoms in total. The van der Waals surface area contributed by atoms with Crippen molar-refractivity contribution in [2.24, 2.45) is 4.99 Å². The Balaban J connectivity index is 1.84. The van der Waals surface area contributed by atoms with Crippen LogP contribution in [0.5, 0.6) is 0 Å². The van der Waals surface area contributed by atoms with Crippen molar-refractivity contribution in [2.75, 3.05) is 38.5 Å². The molecule has 0 spiro atoms. The topological polar surface area (TPSA) is 73.8 Å². The summed E-state index contributed by atoms with van der Waals surface area (Å²) in [5.74, 6) is 0.882. The lowest BCUT2D eigenvalue weighted by Gasteiger charge is -2.40. The number of nitrogens with one attached hydrogen (secondary N) is 2. The predicted octanol–water partition coefficient (Wildman–Crippen LogP) is 2.67. The highest BCUT2D eigenvalue weighted by Gasteiger charge is 2.27. The first kappa shape index (κ1) is 22.7. The first-order chi connectivity index (χ1) is 13.3. The third-order valence-electron chi connectivity index (χ3n) is 5.17. The summed E-state index contributed by atoms with van der Waals surface area (Å²) in [6.45, 7) is 10.9. The van der Waals surface area contributed by atoms with E-state index in [2.05, 4.69) is 29.4 Å². The standard InChI is InChI=1S/C21H36N4O2S/c1-4-22-20(24-18-21(2,3)25-15-9-6-10-16-25)23-14-11-17-28(26,27)19-12-7-5-8-13-19/h5,7-8,12-13H,4,6,9-11,14-18H2,1-3H3,(H2,22,23,24). The molecule has 0 amide bonds. The van der Waals surface area contributed by atoms with Crippen molar-refractivity contribution in [2.45, 2.75) is 56.9 Å². The minimum absolute atomic E-state index is 0.0272. The van der Waals surface area contributed by atoms with E-state index in [1.165, 1.54) is 19.3 Å². The molecule has 28 heavy (non-hydrogen) atoms. The predicted molar refractivity (Wildman–Crippen MR) is 117 cm³/mol. The summed E-state index contributed by atoms with van der Waals surface area (Å²) < 4.78 is 24.7. The van der Waals surface area contributed by atoms with Crippen LogP contribution < -0.4 is 10.6 Å². The van der Waals surface area contributed by atoms with Crippen LogP contribution in [0.4, 0.5) is 0 Å². The molecule has 0 atom stereocenters. The molecular formula is C21H36N4O2S. The average molecular weight is 409 g/mol. The van der Waals surface area contributed by atoms with Gasteiger partial charge in [0.1, 0.15) is 0 Å². The van der Waals surface area contributed by atoms with E-state index in [9.17, 15) is 8.42 Å². The maximum Gasteiger partial charge on any atom is 0.191 e. The van der Waals surface area contributed by atoms with Crippen LogP contribution in [0.3, 0.4) is 0 Å². The lowest BCUT2D eigenvalue weighted by atomic mass is 9.99. The zero-order valence-electron chi connectivity index (χ0n) is 17.6. The van der Waals surface area contributed by atoms with Crippen LogP contribution in [0.15, 0.2) is 40.2 Å². The van der Waals surface area contributed by atoms with Crippen molar-refractivity contribution >= 4 is 15.8 Å². The molecule has 0 aromatic heterocycles. The molecule has 1 saturated heterocycles. The fraction of sp³-hybridized carbons (Fsp3) is 0.667. The van der Waals surface area contributed by atoms with Crippen LogP contribution in [-0.2, 0) is 9.84 Å². The van der Waals surface area contributed by atoms with Gasteiger partial charge in [0.15, 0.2) is 15.8 Å². The average Bonchev–Trinajstić information content (AvgIpc) is 2.70. The molecule has 7 heteroatoms. The Hall–Kier alpha value is -1.60. The van der Waals surface area contributed by atoms with Gasteiger partial charge in [-0.05, 0) is 65.3 Å². The summed E-state index contributed by atoms with van der Waals surface area (Å²) in [6, 6.07) is 8.63. The summed E-state index contributed by atoms with van der Waals surface area (Å²) in [7, 11) is -3.23. The molecule has 0 unspecified atom stereocenters. The first-order valence-corrected chi connectivity index (χ1v) is 12.1. The van der Waals surface area contributed by atoms with Crippen molar-refractivity contribution in [1.82, 2.24) is 15.5 Å². The van der Waals surface area contributed by atoms with Crippen molar-refractivity contribution in [3.05, 3.63) is 30.3 Å². The van der Waals surface area contributed by atoms with Gasteiger partial charge >= 0.3 is 0 Å². The minimum Gasteiger partial charge on any atom is -0.357 e. The Morgan fingerprint density at radius 1 is 1.11 bits per heavy atom. The Morgan fingerprint density at radius 3 is 2.43 bits per heavy atom. The molecule has 1 aliphatic heterocycles. The van der Waals surface area contributed by atoms with Crippen molar-refractivity contribution in [1.29, 1.82) is 0 Å². The number of guanidine groups is 1. The summed E-state index contributed by atoms with van der Waals surface area (Å²) >= 11 is 0. The van der Waals surface area contributed by atoms with E-state index in [-0.39, 0.29) is 11.3 Å². The highest BCUT2D eigenvalue weighted by molar-refractivity contribution is 7.91. The molecule has 1 aliphatic rings. The van der Waals surface area contributed by atoms with E-state index in [4.69, 9.17) is 4.99 Å². The second-order valence-corrected chi connectivity index (χ2v) is 10.1. The lowest BCUT2D eigenvalue weighted by molar-refractivity contribution is 0.102. The number of nitrogens with zero attached hydrogens (tertiary/aromatic N) is 2. The fourth-order valence-corrected chi connectivity index (χ4v) is 4.76. The van der Waals surface area contributed by atoms with Crippen LogP contribution in [-0.4, -0.2) is 63.3 Å². The monoisotopic (exact) mass is 408 g/mol. The number of hydrogen-bond acceptors (Lipinski definition) is 4. The summed E-state index contributed by atoms with van der Waals surface area (Å²) in [4.78, 5) is 7.67. The maximum atomic E-state index is 12.4. The van der Waals surface area contributed by atoms with Gasteiger partial charge in [-0.25, -0.2) is 8.42 Å². The number of aliphatic imine (C=N–C) groups is 1. The minimum atomic E-state index is -3.23. The third kappa shape index (κ3) is 7.09.